The summed E-state index contributed by atoms with van der Waals surface area (Å²) in [6.45, 7) is 1.08. The summed E-state index contributed by atoms with van der Waals surface area (Å²) in [6, 6.07) is 0. The van der Waals surface area contributed by atoms with Crippen molar-refractivity contribution in [2.75, 3.05) is 19.7 Å². The summed E-state index contributed by atoms with van der Waals surface area (Å²) in [6.07, 6.45) is -0.301. The maximum absolute atomic E-state index is 11.7. The van der Waals surface area contributed by atoms with E-state index in [4.69, 9.17) is 4.74 Å². The molecule has 0 aromatic heterocycles. The van der Waals surface area contributed by atoms with E-state index in [1.807, 2.05) is 0 Å². The van der Waals surface area contributed by atoms with Crippen molar-refractivity contribution in [2.45, 2.75) is 31.2 Å². The molecule has 2 fully saturated rings. The minimum atomic E-state index is -0.805. The van der Waals surface area contributed by atoms with Crippen LogP contribution in [0.15, 0.2) is 0 Å². The molecule has 2 aliphatic rings. The maximum Gasteiger partial charge on any atom is 0.251 e. The van der Waals surface area contributed by atoms with Crippen LogP contribution in [-0.4, -0.2) is 59.0 Å². The summed E-state index contributed by atoms with van der Waals surface area (Å²) >= 11 is 0. The zero-order chi connectivity index (χ0) is 10.1. The first-order chi connectivity index (χ1) is 6.68. The lowest BCUT2D eigenvalue weighted by atomic mass is 10.2. The van der Waals surface area contributed by atoms with Gasteiger partial charge in [-0.3, -0.25) is 4.79 Å². The van der Waals surface area contributed by atoms with Crippen LogP contribution in [0.3, 0.4) is 0 Å². The molecule has 14 heavy (non-hydrogen) atoms. The summed E-state index contributed by atoms with van der Waals surface area (Å²) in [4.78, 5) is 13.2. The van der Waals surface area contributed by atoms with Gasteiger partial charge in [-0.2, -0.15) is 0 Å². The van der Waals surface area contributed by atoms with E-state index >= 15 is 0 Å². The number of aliphatic hydroxyl groups excluding tert-OH is 2. The number of amides is 1. The summed E-state index contributed by atoms with van der Waals surface area (Å²) < 4.78 is 5.24. The van der Waals surface area contributed by atoms with Crippen LogP contribution in [-0.2, 0) is 9.53 Å². The highest BCUT2D eigenvalue weighted by molar-refractivity contribution is 5.81. The number of ether oxygens (including phenoxy) is 1. The number of carbonyl (C=O) groups is 1. The van der Waals surface area contributed by atoms with Crippen LogP contribution in [0, 0.1) is 0 Å². The van der Waals surface area contributed by atoms with E-state index in [0.29, 0.717) is 6.61 Å². The van der Waals surface area contributed by atoms with Gasteiger partial charge in [-0.25, -0.2) is 0 Å². The van der Waals surface area contributed by atoms with Crippen molar-refractivity contribution in [2.24, 2.45) is 0 Å². The van der Waals surface area contributed by atoms with Gasteiger partial charge >= 0.3 is 0 Å². The fraction of sp³-hybridized carbons (Fsp3) is 0.889. The predicted octanol–water partition coefficient (Wildman–Crippen LogP) is -1.27. The number of aliphatic hydroxyl groups is 2. The Morgan fingerprint density at radius 2 is 1.93 bits per heavy atom. The lowest BCUT2D eigenvalue weighted by Gasteiger charge is -2.19. The molecular weight excluding hydrogens is 186 g/mol. The third kappa shape index (κ3) is 1.75. The van der Waals surface area contributed by atoms with E-state index in [1.165, 1.54) is 4.90 Å². The molecule has 0 spiro atoms. The average molecular weight is 201 g/mol. The van der Waals surface area contributed by atoms with Gasteiger partial charge in [0.2, 0.25) is 0 Å². The molecular formula is C9H15NO4. The Bertz CT molecular complexity index is 217. The van der Waals surface area contributed by atoms with Gasteiger partial charge in [-0.15, -0.1) is 0 Å². The lowest BCUT2D eigenvalue weighted by molar-refractivity contribution is -0.140. The van der Waals surface area contributed by atoms with Crippen molar-refractivity contribution < 1.29 is 19.7 Å². The first-order valence-electron chi connectivity index (χ1n) is 4.95. The molecule has 5 heteroatoms. The second-order valence-electron chi connectivity index (χ2n) is 3.88. The van der Waals surface area contributed by atoms with E-state index in [-0.39, 0.29) is 25.1 Å². The summed E-state index contributed by atoms with van der Waals surface area (Å²) in [5, 5.41) is 18.6. The molecule has 2 heterocycles. The number of carbonyl (C=O) groups excluding carboxylic acids is 1. The quantitative estimate of drug-likeness (QED) is 0.555. The van der Waals surface area contributed by atoms with Crippen LogP contribution < -0.4 is 0 Å². The van der Waals surface area contributed by atoms with Gasteiger partial charge in [-0.1, -0.05) is 0 Å². The van der Waals surface area contributed by atoms with E-state index < -0.39 is 12.2 Å². The van der Waals surface area contributed by atoms with Crippen LogP contribution in [0.1, 0.15) is 12.8 Å². The number of β-amino-alcohol motifs (C(OH)–C–C–N with tert-alkyl or cyclic N) is 2. The van der Waals surface area contributed by atoms with Crippen LogP contribution >= 0.6 is 0 Å². The Labute approximate surface area is 82.3 Å². The highest BCUT2D eigenvalue weighted by atomic mass is 16.5. The fourth-order valence-corrected chi connectivity index (χ4v) is 1.93. The van der Waals surface area contributed by atoms with Crippen LogP contribution in [0.2, 0.25) is 0 Å². The smallest absolute Gasteiger partial charge is 0.251 e. The number of nitrogens with zero attached hydrogens (tertiary/aromatic N) is 1. The maximum atomic E-state index is 11.7. The van der Waals surface area contributed by atoms with Gasteiger partial charge in [0.25, 0.3) is 5.91 Å². The average Bonchev–Trinajstić information content (AvgIpc) is 2.76. The molecule has 0 aliphatic carbocycles. The van der Waals surface area contributed by atoms with Gasteiger partial charge in [0.15, 0.2) is 0 Å². The van der Waals surface area contributed by atoms with E-state index in [0.717, 1.165) is 12.8 Å². The first-order valence-corrected chi connectivity index (χ1v) is 4.95. The van der Waals surface area contributed by atoms with Gasteiger partial charge in [0.05, 0.1) is 12.2 Å². The molecule has 2 unspecified atom stereocenters. The number of hydrogen-bond acceptors (Lipinski definition) is 4. The SMILES string of the molecule is O=C([C@@H]1CCCO1)N1CC(O)C(O)C1. The van der Waals surface area contributed by atoms with Crippen molar-refractivity contribution in [1.29, 1.82) is 0 Å². The highest BCUT2D eigenvalue weighted by Crippen LogP contribution is 2.18. The van der Waals surface area contributed by atoms with E-state index in [1.54, 1.807) is 0 Å². The minimum absolute atomic E-state index is 0.0990. The van der Waals surface area contributed by atoms with Crippen molar-refractivity contribution >= 4 is 5.91 Å². The molecule has 2 N–H and O–H groups in total. The van der Waals surface area contributed by atoms with Crippen molar-refractivity contribution in [3.05, 3.63) is 0 Å². The van der Waals surface area contributed by atoms with Gasteiger partial charge in [-0.05, 0) is 12.8 Å². The van der Waals surface area contributed by atoms with Crippen LogP contribution in [0.25, 0.3) is 0 Å². The number of hydrogen-bond donors (Lipinski definition) is 2. The monoisotopic (exact) mass is 201 g/mol. The number of likely N-dealkylation sites (tertiary alicyclic amines) is 1. The number of rotatable bonds is 1. The normalized spacial score (nSPS) is 37.9. The van der Waals surface area contributed by atoms with Gasteiger partial charge in [0.1, 0.15) is 6.10 Å². The second-order valence-corrected chi connectivity index (χ2v) is 3.88. The first kappa shape index (κ1) is 9.89. The topological polar surface area (TPSA) is 70.0 Å². The summed E-state index contributed by atoms with van der Waals surface area (Å²) in [5.41, 5.74) is 0. The molecule has 0 saturated carbocycles. The molecule has 0 aromatic carbocycles. The third-order valence-electron chi connectivity index (χ3n) is 2.78. The predicted molar refractivity (Wildman–Crippen MR) is 47.6 cm³/mol. The minimum Gasteiger partial charge on any atom is -0.388 e. The zero-order valence-electron chi connectivity index (χ0n) is 7.93. The largest absolute Gasteiger partial charge is 0.388 e. The van der Waals surface area contributed by atoms with E-state index in [9.17, 15) is 15.0 Å². The molecule has 0 aromatic rings. The molecule has 2 aliphatic heterocycles. The van der Waals surface area contributed by atoms with E-state index in [2.05, 4.69) is 0 Å². The molecule has 3 atom stereocenters. The fourth-order valence-electron chi connectivity index (χ4n) is 1.93. The van der Waals surface area contributed by atoms with Gasteiger partial charge < -0.3 is 19.8 Å². The Morgan fingerprint density at radius 3 is 2.43 bits per heavy atom. The van der Waals surface area contributed by atoms with Crippen molar-refractivity contribution in [1.82, 2.24) is 4.90 Å². The Hall–Kier alpha value is -0.650. The molecule has 5 nitrogen and oxygen atoms in total. The standard InChI is InChI=1S/C9H15NO4/c11-6-4-10(5-7(6)12)9(13)8-2-1-3-14-8/h6-8,11-12H,1-5H2/t6?,7?,8-/m0/s1. The third-order valence-corrected chi connectivity index (χ3v) is 2.78. The zero-order valence-corrected chi connectivity index (χ0v) is 7.93. The molecule has 2 rings (SSSR count). The molecule has 2 saturated heterocycles. The van der Waals surface area contributed by atoms with Crippen molar-refractivity contribution in [3.8, 4) is 0 Å². The molecule has 0 radical (unpaired) electrons. The lowest BCUT2D eigenvalue weighted by Crippen LogP contribution is -2.38. The molecule has 80 valence electrons. The summed E-state index contributed by atoms with van der Waals surface area (Å²) in [7, 11) is 0. The van der Waals surface area contributed by atoms with Crippen LogP contribution in [0.5, 0.6) is 0 Å². The van der Waals surface area contributed by atoms with Gasteiger partial charge in [0, 0.05) is 19.7 Å². The van der Waals surface area contributed by atoms with Crippen LogP contribution in [0.4, 0.5) is 0 Å². The second kappa shape index (κ2) is 3.84. The highest BCUT2D eigenvalue weighted by Gasteiger charge is 2.36. The Kier molecular flexibility index (Phi) is 2.71. The Balaban J connectivity index is 1.92. The molecule has 0 bridgehead atoms. The molecule has 1 amide bonds. The summed E-state index contributed by atoms with van der Waals surface area (Å²) in [5.74, 6) is -0.0990. The Morgan fingerprint density at radius 1 is 1.29 bits per heavy atom. The van der Waals surface area contributed by atoms with Crippen molar-refractivity contribution in [3.63, 3.8) is 0 Å².